The molecule has 136 valence electrons. The molecule has 2 aromatic rings. The summed E-state index contributed by atoms with van der Waals surface area (Å²) in [4.78, 5) is 26.1. The van der Waals surface area contributed by atoms with Crippen molar-refractivity contribution in [3.8, 4) is 0 Å². The fourth-order valence-corrected chi connectivity index (χ4v) is 2.46. The molecule has 7 nitrogen and oxygen atoms in total. The zero-order valence-electron chi connectivity index (χ0n) is 14.4. The first-order valence-electron chi connectivity index (χ1n) is 7.31. The fourth-order valence-electron chi connectivity index (χ4n) is 2.26. The Morgan fingerprint density at radius 3 is 2.52 bits per heavy atom. The molecular weight excluding hydrogens is 365 g/mol. The van der Waals surface area contributed by atoms with Gasteiger partial charge in [0.05, 0.1) is 16.8 Å². The maximum absolute atomic E-state index is 12.5. The molecule has 25 heavy (non-hydrogen) atoms. The molecule has 0 saturated heterocycles. The minimum atomic E-state index is -0.553. The molecule has 0 aliphatic rings. The van der Waals surface area contributed by atoms with Crippen LogP contribution in [-0.4, -0.2) is 47.6 Å². The normalized spacial score (nSPS) is 11.4. The van der Waals surface area contributed by atoms with Crippen LogP contribution in [0.2, 0.25) is 5.02 Å². The maximum Gasteiger partial charge on any atom is 0.254 e. The lowest BCUT2D eigenvalue weighted by atomic mass is 10.1. The fraction of sp³-hybridized carbons (Fsp3) is 0.312. The van der Waals surface area contributed by atoms with Crippen molar-refractivity contribution < 1.29 is 9.59 Å². The highest BCUT2D eigenvalue weighted by Gasteiger charge is 2.21. The van der Waals surface area contributed by atoms with Gasteiger partial charge < -0.3 is 15.5 Å². The third-order valence-corrected chi connectivity index (χ3v) is 3.81. The monoisotopic (exact) mass is 385 g/mol. The van der Waals surface area contributed by atoms with Gasteiger partial charge in [-0.2, -0.15) is 5.10 Å². The van der Waals surface area contributed by atoms with Gasteiger partial charge in [0.25, 0.3) is 5.91 Å². The third-order valence-electron chi connectivity index (χ3n) is 3.48. The van der Waals surface area contributed by atoms with E-state index in [0.717, 1.165) is 5.56 Å². The topological polar surface area (TPSA) is 79.3 Å². The first-order chi connectivity index (χ1) is 11.3. The molecule has 0 saturated carbocycles. The summed E-state index contributed by atoms with van der Waals surface area (Å²) in [5.74, 6) is -0.482. The van der Waals surface area contributed by atoms with Gasteiger partial charge in [-0.05, 0) is 25.2 Å². The second kappa shape index (κ2) is 8.84. The summed E-state index contributed by atoms with van der Waals surface area (Å²) < 4.78 is 1.63. The Hall–Kier alpha value is -2.09. The summed E-state index contributed by atoms with van der Waals surface area (Å²) in [5, 5.41) is 10.2. The predicted octanol–water partition coefficient (Wildman–Crippen LogP) is 2.10. The Labute approximate surface area is 157 Å². The van der Waals surface area contributed by atoms with Crippen LogP contribution in [0.3, 0.4) is 0 Å². The maximum atomic E-state index is 12.5. The summed E-state index contributed by atoms with van der Waals surface area (Å²) in [5.41, 5.74) is 1.58. The predicted molar refractivity (Wildman–Crippen MR) is 100 cm³/mol. The van der Waals surface area contributed by atoms with Crippen LogP contribution in [0.15, 0.2) is 30.6 Å². The van der Waals surface area contributed by atoms with Gasteiger partial charge in [0, 0.05) is 38.6 Å². The van der Waals surface area contributed by atoms with Crippen LogP contribution in [0.4, 0.5) is 5.69 Å². The smallest absolute Gasteiger partial charge is 0.254 e. The van der Waals surface area contributed by atoms with Gasteiger partial charge in [-0.3, -0.25) is 14.3 Å². The Morgan fingerprint density at radius 1 is 1.32 bits per heavy atom. The number of aryl methyl sites for hydroxylation is 1. The van der Waals surface area contributed by atoms with Crippen molar-refractivity contribution in [1.29, 1.82) is 0 Å². The van der Waals surface area contributed by atoms with Crippen molar-refractivity contribution in [2.45, 2.75) is 6.04 Å². The number of carbonyl (C=O) groups excluding carboxylic acids is 2. The van der Waals surface area contributed by atoms with Crippen LogP contribution >= 0.6 is 24.0 Å². The SMILES string of the molecule is CNC(C(=O)Nc1ccc(Cl)c(C(=O)N(C)C)c1)c1cnn(C)c1.Cl. The molecule has 9 heteroatoms. The van der Waals surface area contributed by atoms with Crippen molar-refractivity contribution in [3.05, 3.63) is 46.7 Å². The lowest BCUT2D eigenvalue weighted by molar-refractivity contribution is -0.118. The highest BCUT2D eigenvalue weighted by atomic mass is 35.5. The van der Waals surface area contributed by atoms with Gasteiger partial charge in [-0.15, -0.1) is 12.4 Å². The van der Waals surface area contributed by atoms with Gasteiger partial charge in [0.15, 0.2) is 0 Å². The summed E-state index contributed by atoms with van der Waals surface area (Å²) in [7, 11) is 6.76. The van der Waals surface area contributed by atoms with Crippen molar-refractivity contribution >= 4 is 41.5 Å². The number of nitrogens with one attached hydrogen (secondary N) is 2. The number of anilines is 1. The van der Waals surface area contributed by atoms with E-state index in [2.05, 4.69) is 15.7 Å². The van der Waals surface area contributed by atoms with Crippen molar-refractivity contribution in [1.82, 2.24) is 20.0 Å². The van der Waals surface area contributed by atoms with E-state index in [1.807, 2.05) is 0 Å². The molecule has 0 radical (unpaired) electrons. The van der Waals surface area contributed by atoms with Gasteiger partial charge in [0.1, 0.15) is 6.04 Å². The average molecular weight is 386 g/mol. The van der Waals surface area contributed by atoms with Crippen molar-refractivity contribution in [3.63, 3.8) is 0 Å². The number of nitrogens with zero attached hydrogens (tertiary/aromatic N) is 3. The molecule has 1 heterocycles. The molecule has 1 aromatic heterocycles. The number of hydrogen-bond acceptors (Lipinski definition) is 4. The number of amides is 2. The molecule has 1 unspecified atom stereocenters. The molecular formula is C16H21Cl2N5O2. The zero-order chi connectivity index (χ0) is 17.9. The number of benzene rings is 1. The standard InChI is InChI=1S/C16H20ClN5O2.ClH/c1-18-14(10-8-19-22(4)9-10)15(23)20-11-5-6-13(17)12(7-11)16(24)21(2)3;/h5-9,14,18H,1-4H3,(H,20,23);1H. The van der Waals surface area contributed by atoms with Gasteiger partial charge in [-0.1, -0.05) is 11.6 Å². The Bertz CT molecular complexity index is 761. The summed E-state index contributed by atoms with van der Waals surface area (Å²) >= 11 is 6.08. The van der Waals surface area contributed by atoms with E-state index in [4.69, 9.17) is 11.6 Å². The lowest BCUT2D eigenvalue weighted by Gasteiger charge is -2.16. The molecule has 1 atom stereocenters. The van der Waals surface area contributed by atoms with Crippen LogP contribution in [0.5, 0.6) is 0 Å². The highest BCUT2D eigenvalue weighted by Crippen LogP contribution is 2.23. The van der Waals surface area contributed by atoms with Crippen molar-refractivity contribution in [2.75, 3.05) is 26.5 Å². The number of rotatable bonds is 5. The van der Waals surface area contributed by atoms with Gasteiger partial charge >= 0.3 is 0 Å². The molecule has 0 fully saturated rings. The van der Waals surface area contributed by atoms with Crippen LogP contribution in [0.25, 0.3) is 0 Å². The molecule has 0 spiro atoms. The molecule has 1 aromatic carbocycles. The number of carbonyl (C=O) groups is 2. The molecule has 2 N–H and O–H groups in total. The van der Waals surface area contributed by atoms with E-state index in [0.29, 0.717) is 16.3 Å². The lowest BCUT2D eigenvalue weighted by Crippen LogP contribution is -2.30. The minimum absolute atomic E-state index is 0. The molecule has 2 amide bonds. The first-order valence-corrected chi connectivity index (χ1v) is 7.69. The minimum Gasteiger partial charge on any atom is -0.345 e. The number of aromatic nitrogens is 2. The van der Waals surface area contributed by atoms with Crippen LogP contribution in [0.1, 0.15) is 22.0 Å². The number of halogens is 2. The zero-order valence-corrected chi connectivity index (χ0v) is 16.0. The Balaban J connectivity index is 0.00000312. The number of likely N-dealkylation sites (N-methyl/N-ethyl adjacent to an activating group) is 1. The van der Waals surface area contributed by atoms with Crippen LogP contribution < -0.4 is 10.6 Å². The van der Waals surface area contributed by atoms with E-state index in [9.17, 15) is 9.59 Å². The van der Waals surface area contributed by atoms with Gasteiger partial charge in [0.2, 0.25) is 5.91 Å². The van der Waals surface area contributed by atoms with Crippen molar-refractivity contribution in [2.24, 2.45) is 7.05 Å². The summed E-state index contributed by atoms with van der Waals surface area (Å²) in [6, 6.07) is 4.26. The molecule has 0 aliphatic carbocycles. The van der Waals surface area contributed by atoms with E-state index < -0.39 is 6.04 Å². The number of hydrogen-bond donors (Lipinski definition) is 2. The van der Waals surface area contributed by atoms with E-state index >= 15 is 0 Å². The van der Waals surface area contributed by atoms with Gasteiger partial charge in [-0.25, -0.2) is 0 Å². The molecule has 0 bridgehead atoms. The highest BCUT2D eigenvalue weighted by molar-refractivity contribution is 6.34. The van der Waals surface area contributed by atoms with Crippen LogP contribution in [-0.2, 0) is 11.8 Å². The average Bonchev–Trinajstić information content (AvgIpc) is 2.95. The second-order valence-corrected chi connectivity index (χ2v) is 5.96. The summed E-state index contributed by atoms with van der Waals surface area (Å²) in [6.45, 7) is 0. The van der Waals surface area contributed by atoms with E-state index in [-0.39, 0.29) is 24.2 Å². The first kappa shape index (κ1) is 21.0. The van der Waals surface area contributed by atoms with Crippen LogP contribution in [0, 0.1) is 0 Å². The Kier molecular flexibility index (Phi) is 7.41. The molecule has 0 aliphatic heterocycles. The van der Waals surface area contributed by atoms with E-state index in [1.54, 1.807) is 63.5 Å². The summed E-state index contributed by atoms with van der Waals surface area (Å²) in [6.07, 6.45) is 3.40. The van der Waals surface area contributed by atoms with E-state index in [1.165, 1.54) is 4.90 Å². The third kappa shape index (κ3) is 4.94. The second-order valence-electron chi connectivity index (χ2n) is 5.55. The quantitative estimate of drug-likeness (QED) is 0.825. The Morgan fingerprint density at radius 2 is 2.00 bits per heavy atom. The largest absolute Gasteiger partial charge is 0.345 e. The molecule has 2 rings (SSSR count).